The highest BCUT2D eigenvalue weighted by molar-refractivity contribution is 7.47. The van der Waals surface area contributed by atoms with E-state index in [9.17, 15) is 14.3 Å². The molecule has 8 nitrogen and oxygen atoms in total. The van der Waals surface area contributed by atoms with Crippen LogP contribution in [0.25, 0.3) is 0 Å². The van der Waals surface area contributed by atoms with Crippen LogP contribution in [0, 0.1) is 0 Å². The molecule has 346 valence electrons. The fraction of sp³-hybridized carbons (Fsp3) is 0.939. The predicted molar refractivity (Wildman–Crippen MR) is 247 cm³/mol. The largest absolute Gasteiger partial charge is 0.472 e. The number of phosphoric acid groups is 1. The van der Waals surface area contributed by atoms with Crippen molar-refractivity contribution in [2.45, 2.75) is 245 Å². The molecule has 0 bridgehead atoms. The Morgan fingerprint density at radius 2 is 0.897 bits per heavy atom. The zero-order chi connectivity index (χ0) is 42.7. The number of hydrogen-bond donors (Lipinski definition) is 1. The molecule has 0 aromatic carbocycles. The Labute approximate surface area is 360 Å². The Hall–Kier alpha value is -0.760. The van der Waals surface area contributed by atoms with Gasteiger partial charge in [-0.1, -0.05) is 206 Å². The number of phosphoric ester groups is 1. The SMILES string of the molecule is CCCCCCC/C=C\CCCCCCCC(=O)OC(COCCCCCCCCCCCCCCCCCCCCCCCC)COP(=O)(O)OCC[N+](C)(C)C. The Bertz CT molecular complexity index is 940. The monoisotopic (exact) mass is 845 g/mol. The summed E-state index contributed by atoms with van der Waals surface area (Å²) >= 11 is 0. The number of rotatable bonds is 47. The molecule has 0 rings (SSSR count). The van der Waals surface area contributed by atoms with Gasteiger partial charge in [-0.3, -0.25) is 13.8 Å². The topological polar surface area (TPSA) is 91.3 Å². The van der Waals surface area contributed by atoms with Crippen molar-refractivity contribution in [2.75, 3.05) is 54.1 Å². The number of quaternary nitrogens is 1. The van der Waals surface area contributed by atoms with Crippen molar-refractivity contribution in [3.05, 3.63) is 12.2 Å². The van der Waals surface area contributed by atoms with E-state index >= 15 is 0 Å². The highest BCUT2D eigenvalue weighted by atomic mass is 31.2. The molecule has 0 aliphatic carbocycles. The zero-order valence-corrected chi connectivity index (χ0v) is 40.2. The summed E-state index contributed by atoms with van der Waals surface area (Å²) in [7, 11) is 1.68. The lowest BCUT2D eigenvalue weighted by Crippen LogP contribution is -2.37. The quantitative estimate of drug-likeness (QED) is 0.0214. The van der Waals surface area contributed by atoms with E-state index in [0.717, 1.165) is 38.5 Å². The average molecular weight is 845 g/mol. The molecule has 0 aliphatic rings. The van der Waals surface area contributed by atoms with Gasteiger partial charge in [-0.2, -0.15) is 0 Å². The maximum absolute atomic E-state index is 12.7. The number of nitrogens with zero attached hydrogens (tertiary/aromatic N) is 1. The first kappa shape index (κ1) is 57.2. The van der Waals surface area contributed by atoms with Gasteiger partial charge < -0.3 is 18.9 Å². The van der Waals surface area contributed by atoms with Gasteiger partial charge in [0.05, 0.1) is 34.4 Å². The third kappa shape index (κ3) is 46.3. The lowest BCUT2D eigenvalue weighted by atomic mass is 10.0. The van der Waals surface area contributed by atoms with Crippen LogP contribution in [0.4, 0.5) is 0 Å². The van der Waals surface area contributed by atoms with Gasteiger partial charge in [0.2, 0.25) is 0 Å². The van der Waals surface area contributed by atoms with Crippen LogP contribution in [0.2, 0.25) is 0 Å². The molecule has 0 heterocycles. The van der Waals surface area contributed by atoms with Crippen molar-refractivity contribution in [2.24, 2.45) is 0 Å². The number of allylic oxidation sites excluding steroid dienone is 2. The fourth-order valence-electron chi connectivity index (χ4n) is 7.20. The van der Waals surface area contributed by atoms with E-state index in [4.69, 9.17) is 18.5 Å². The molecule has 0 aliphatic heterocycles. The molecule has 0 saturated heterocycles. The molecule has 9 heteroatoms. The zero-order valence-electron chi connectivity index (χ0n) is 39.3. The second-order valence-corrected chi connectivity index (χ2v) is 19.7. The molecule has 0 radical (unpaired) electrons. The van der Waals surface area contributed by atoms with Gasteiger partial charge in [-0.15, -0.1) is 0 Å². The van der Waals surface area contributed by atoms with Gasteiger partial charge >= 0.3 is 13.8 Å². The van der Waals surface area contributed by atoms with Crippen LogP contribution in [0.3, 0.4) is 0 Å². The van der Waals surface area contributed by atoms with Crippen LogP contribution >= 0.6 is 7.82 Å². The predicted octanol–water partition coefficient (Wildman–Crippen LogP) is 15.0. The summed E-state index contributed by atoms with van der Waals surface area (Å²) in [6, 6.07) is 0. The number of ether oxygens (including phenoxy) is 2. The highest BCUT2D eigenvalue weighted by Crippen LogP contribution is 2.43. The van der Waals surface area contributed by atoms with Crippen molar-refractivity contribution in [3.63, 3.8) is 0 Å². The molecule has 2 unspecified atom stereocenters. The number of carbonyl (C=O) groups excluding carboxylic acids is 1. The van der Waals surface area contributed by atoms with Gasteiger partial charge in [0.15, 0.2) is 0 Å². The second kappa shape index (κ2) is 42.9. The molecule has 0 aromatic rings. The Morgan fingerprint density at radius 1 is 0.517 bits per heavy atom. The first-order valence-electron chi connectivity index (χ1n) is 24.9. The molecule has 2 atom stereocenters. The molecule has 0 saturated carbocycles. The average Bonchev–Trinajstić information content (AvgIpc) is 3.18. The fourth-order valence-corrected chi connectivity index (χ4v) is 7.94. The Morgan fingerprint density at radius 3 is 1.31 bits per heavy atom. The summed E-state index contributed by atoms with van der Waals surface area (Å²) in [5.41, 5.74) is 0. The van der Waals surface area contributed by atoms with Gasteiger partial charge in [-0.05, 0) is 38.5 Å². The van der Waals surface area contributed by atoms with E-state index in [0.29, 0.717) is 24.1 Å². The van der Waals surface area contributed by atoms with Crippen LogP contribution in [0.5, 0.6) is 0 Å². The molecule has 0 aromatic heterocycles. The van der Waals surface area contributed by atoms with Crippen molar-refractivity contribution in [1.29, 1.82) is 0 Å². The van der Waals surface area contributed by atoms with E-state index in [1.807, 2.05) is 21.1 Å². The van der Waals surface area contributed by atoms with E-state index in [1.54, 1.807) is 0 Å². The van der Waals surface area contributed by atoms with Crippen LogP contribution in [-0.2, 0) is 27.9 Å². The van der Waals surface area contributed by atoms with E-state index in [-0.39, 0.29) is 25.8 Å². The second-order valence-electron chi connectivity index (χ2n) is 18.2. The third-order valence-electron chi connectivity index (χ3n) is 11.1. The van der Waals surface area contributed by atoms with E-state index in [2.05, 4.69) is 26.0 Å². The van der Waals surface area contributed by atoms with Gasteiger partial charge in [-0.25, -0.2) is 4.57 Å². The molecule has 0 spiro atoms. The van der Waals surface area contributed by atoms with Crippen molar-refractivity contribution in [3.8, 4) is 0 Å². The molecule has 1 N–H and O–H groups in total. The lowest BCUT2D eigenvalue weighted by Gasteiger charge is -2.24. The van der Waals surface area contributed by atoms with Crippen LogP contribution < -0.4 is 0 Å². The number of likely N-dealkylation sites (N-methyl/N-ethyl adjacent to an activating group) is 1. The molecule has 0 amide bonds. The summed E-state index contributed by atoms with van der Waals surface area (Å²) in [6.07, 6.45) is 48.3. The normalized spacial score (nSPS) is 13.7. The Kier molecular flexibility index (Phi) is 42.3. The molecule has 0 fully saturated rings. The van der Waals surface area contributed by atoms with Crippen LogP contribution in [0.15, 0.2) is 12.2 Å². The smallest absolute Gasteiger partial charge is 0.457 e. The Balaban J connectivity index is 4.08. The van der Waals surface area contributed by atoms with Crippen molar-refractivity contribution < 1.29 is 37.3 Å². The lowest BCUT2D eigenvalue weighted by molar-refractivity contribution is -0.870. The first-order chi connectivity index (χ1) is 28.1. The van der Waals surface area contributed by atoms with Crippen molar-refractivity contribution in [1.82, 2.24) is 0 Å². The van der Waals surface area contributed by atoms with E-state index < -0.39 is 13.9 Å². The van der Waals surface area contributed by atoms with Crippen LogP contribution in [0.1, 0.15) is 239 Å². The van der Waals surface area contributed by atoms with Gasteiger partial charge in [0.25, 0.3) is 0 Å². The minimum atomic E-state index is -4.27. The number of unbranched alkanes of at least 4 members (excludes halogenated alkanes) is 31. The third-order valence-corrected chi connectivity index (χ3v) is 12.1. The van der Waals surface area contributed by atoms with Crippen LogP contribution in [-0.4, -0.2) is 75.6 Å². The maximum Gasteiger partial charge on any atom is 0.472 e. The summed E-state index contributed by atoms with van der Waals surface area (Å²) in [6.45, 7) is 5.66. The number of carbonyl (C=O) groups is 1. The molecule has 58 heavy (non-hydrogen) atoms. The summed E-state index contributed by atoms with van der Waals surface area (Å²) in [5.74, 6) is -0.317. The van der Waals surface area contributed by atoms with Gasteiger partial charge in [0, 0.05) is 13.0 Å². The molecular weight excluding hydrogens is 746 g/mol. The summed E-state index contributed by atoms with van der Waals surface area (Å²) < 4.78 is 35.1. The number of esters is 1. The summed E-state index contributed by atoms with van der Waals surface area (Å²) in [4.78, 5) is 22.9. The van der Waals surface area contributed by atoms with E-state index in [1.165, 1.54) is 180 Å². The minimum absolute atomic E-state index is 0.0904. The van der Waals surface area contributed by atoms with Crippen molar-refractivity contribution >= 4 is 13.8 Å². The molecular formula is C49H99NO7P+. The maximum atomic E-state index is 12.7. The number of hydrogen-bond acceptors (Lipinski definition) is 6. The minimum Gasteiger partial charge on any atom is -0.457 e. The highest BCUT2D eigenvalue weighted by Gasteiger charge is 2.26. The summed E-state index contributed by atoms with van der Waals surface area (Å²) in [5, 5.41) is 0. The first-order valence-corrected chi connectivity index (χ1v) is 26.4. The standard InChI is InChI=1S/C49H98NO7P/c1-6-8-10-12-14-16-18-20-22-23-24-25-26-27-28-29-31-33-35-37-39-41-44-54-46-48(47-56-58(52,53)55-45-43-50(3,4)5)57-49(51)42-40-38-36-34-32-30-21-19-17-15-13-11-9-7-2/h19,21,48H,6-18,20,22-47H2,1-5H3/p+1/b21-19-. The van der Waals surface area contributed by atoms with Gasteiger partial charge in [0.1, 0.15) is 19.3 Å².